The third kappa shape index (κ3) is 5.49. The number of fused-ring (bicyclic) bond motifs is 2. The van der Waals surface area contributed by atoms with Crippen LogP contribution < -0.4 is 15.6 Å². The SMILES string of the molecule is CC1(C)Oc2ccc(C#N)cc2[C@@H](N2CCCC2=O)[C@@H]1O.CC1(C)Oc2ccccc2[C@@H](N2CCCC2=O)[C@@H]1O.N. The molecule has 10 nitrogen and oxygen atoms in total. The van der Waals surface area contributed by atoms with E-state index in [1.165, 1.54) is 0 Å². The molecule has 5 N–H and O–H groups in total. The number of carbonyl (C=O) groups is 2. The third-order valence-electron chi connectivity index (χ3n) is 8.36. The summed E-state index contributed by atoms with van der Waals surface area (Å²) in [5.41, 5.74) is 0.651. The molecule has 4 aliphatic heterocycles. The molecule has 0 radical (unpaired) electrons. The van der Waals surface area contributed by atoms with Crippen molar-refractivity contribution in [3.05, 3.63) is 59.2 Å². The average molecular weight is 565 g/mol. The Kier molecular flexibility index (Phi) is 8.37. The molecule has 0 spiro atoms. The molecule has 2 fully saturated rings. The van der Waals surface area contributed by atoms with Crippen LogP contribution in [0.15, 0.2) is 42.5 Å². The predicted octanol–water partition coefficient (Wildman–Crippen LogP) is 3.80. The lowest BCUT2D eigenvalue weighted by Crippen LogP contribution is -2.53. The van der Waals surface area contributed by atoms with Gasteiger partial charge in [-0.15, -0.1) is 0 Å². The van der Waals surface area contributed by atoms with Gasteiger partial charge in [0.25, 0.3) is 0 Å². The molecule has 220 valence electrons. The Morgan fingerprint density at radius 1 is 0.805 bits per heavy atom. The van der Waals surface area contributed by atoms with Gasteiger partial charge >= 0.3 is 0 Å². The van der Waals surface area contributed by atoms with Crippen molar-refractivity contribution >= 4 is 11.8 Å². The summed E-state index contributed by atoms with van der Waals surface area (Å²) in [6.07, 6.45) is 1.21. The van der Waals surface area contributed by atoms with Crippen LogP contribution in [-0.2, 0) is 9.59 Å². The van der Waals surface area contributed by atoms with E-state index in [-0.39, 0.29) is 24.0 Å². The number of nitriles is 1. The van der Waals surface area contributed by atoms with Crippen molar-refractivity contribution in [1.82, 2.24) is 16.0 Å². The van der Waals surface area contributed by atoms with Gasteiger partial charge < -0.3 is 35.6 Å². The normalized spacial score (nSPS) is 27.2. The second-order valence-electron chi connectivity index (χ2n) is 12.0. The van der Waals surface area contributed by atoms with Gasteiger partial charge in [0.15, 0.2) is 0 Å². The van der Waals surface area contributed by atoms with E-state index in [0.29, 0.717) is 37.2 Å². The number of likely N-dealkylation sites (tertiary alicyclic amines) is 2. The molecule has 2 aromatic carbocycles. The first-order valence-corrected chi connectivity index (χ1v) is 13.9. The molecule has 0 aliphatic carbocycles. The molecule has 0 aromatic heterocycles. The number of carbonyl (C=O) groups excluding carboxylic acids is 2. The van der Waals surface area contributed by atoms with Gasteiger partial charge in [-0.1, -0.05) is 18.2 Å². The van der Waals surface area contributed by atoms with Gasteiger partial charge in [-0.05, 0) is 64.8 Å². The van der Waals surface area contributed by atoms with E-state index in [9.17, 15) is 19.8 Å². The van der Waals surface area contributed by atoms with Crippen LogP contribution in [0.5, 0.6) is 11.5 Å². The van der Waals surface area contributed by atoms with E-state index in [2.05, 4.69) is 6.07 Å². The Bertz CT molecular complexity index is 1350. The third-order valence-corrected chi connectivity index (χ3v) is 8.36. The van der Waals surface area contributed by atoms with Gasteiger partial charge in [0, 0.05) is 37.1 Å². The Labute approximate surface area is 241 Å². The van der Waals surface area contributed by atoms with Crippen LogP contribution in [0, 0.1) is 11.3 Å². The molecular formula is C31H40N4O6. The molecule has 4 aliphatic rings. The summed E-state index contributed by atoms with van der Waals surface area (Å²) in [6.45, 7) is 8.69. The van der Waals surface area contributed by atoms with E-state index in [4.69, 9.17) is 14.7 Å². The monoisotopic (exact) mass is 564 g/mol. The zero-order valence-electron chi connectivity index (χ0n) is 24.2. The molecule has 4 heterocycles. The Hall–Kier alpha value is -3.65. The topological polar surface area (TPSA) is 158 Å². The largest absolute Gasteiger partial charge is 0.485 e. The van der Waals surface area contributed by atoms with Crippen molar-refractivity contribution < 1.29 is 29.3 Å². The van der Waals surface area contributed by atoms with Crippen LogP contribution in [0.25, 0.3) is 0 Å². The first-order valence-electron chi connectivity index (χ1n) is 13.9. The fourth-order valence-corrected chi connectivity index (χ4v) is 6.15. The number of hydrogen-bond acceptors (Lipinski definition) is 8. The van der Waals surface area contributed by atoms with Gasteiger partial charge in [-0.2, -0.15) is 5.26 Å². The van der Waals surface area contributed by atoms with Crippen LogP contribution in [0.3, 0.4) is 0 Å². The van der Waals surface area contributed by atoms with E-state index in [0.717, 1.165) is 29.7 Å². The number of aliphatic hydroxyl groups excluding tert-OH is 2. The first kappa shape index (κ1) is 30.3. The fourth-order valence-electron chi connectivity index (χ4n) is 6.15. The second-order valence-corrected chi connectivity index (χ2v) is 12.0. The van der Waals surface area contributed by atoms with E-state index >= 15 is 0 Å². The zero-order chi connectivity index (χ0) is 28.8. The molecule has 2 saturated heterocycles. The number of rotatable bonds is 2. The molecule has 0 unspecified atom stereocenters. The fraction of sp³-hybridized carbons (Fsp3) is 0.516. The van der Waals surface area contributed by atoms with Crippen LogP contribution in [-0.4, -0.2) is 68.3 Å². The Balaban J connectivity index is 0.000000185. The second kappa shape index (κ2) is 11.3. The van der Waals surface area contributed by atoms with Crippen LogP contribution in [0.4, 0.5) is 0 Å². The highest BCUT2D eigenvalue weighted by molar-refractivity contribution is 5.79. The summed E-state index contributed by atoms with van der Waals surface area (Å²) < 4.78 is 11.7. The van der Waals surface area contributed by atoms with Crippen LogP contribution in [0.1, 0.15) is 82.2 Å². The molecule has 2 amide bonds. The van der Waals surface area contributed by atoms with Crippen LogP contribution >= 0.6 is 0 Å². The molecule has 6 rings (SSSR count). The molecule has 41 heavy (non-hydrogen) atoms. The number of hydrogen-bond donors (Lipinski definition) is 3. The maximum Gasteiger partial charge on any atom is 0.223 e. The average Bonchev–Trinajstić information content (AvgIpc) is 3.53. The molecule has 10 heteroatoms. The lowest BCUT2D eigenvalue weighted by molar-refractivity contribution is -0.140. The van der Waals surface area contributed by atoms with Crippen molar-refractivity contribution in [2.45, 2.75) is 88.9 Å². The zero-order valence-corrected chi connectivity index (χ0v) is 24.2. The summed E-state index contributed by atoms with van der Waals surface area (Å²) in [4.78, 5) is 27.6. The number of nitrogens with zero attached hydrogens (tertiary/aromatic N) is 3. The van der Waals surface area contributed by atoms with Gasteiger partial charge in [0.05, 0.1) is 23.7 Å². The molecule has 0 saturated carbocycles. The van der Waals surface area contributed by atoms with Gasteiger partial charge in [0.1, 0.15) is 34.9 Å². The summed E-state index contributed by atoms with van der Waals surface area (Å²) >= 11 is 0. The summed E-state index contributed by atoms with van der Waals surface area (Å²) in [7, 11) is 0. The van der Waals surface area contributed by atoms with Crippen molar-refractivity contribution in [2.24, 2.45) is 0 Å². The smallest absolute Gasteiger partial charge is 0.223 e. The minimum Gasteiger partial charge on any atom is -0.485 e. The minimum atomic E-state index is -0.832. The Morgan fingerprint density at radius 3 is 1.78 bits per heavy atom. The standard InChI is InChI=1S/C16H18N2O3.C15H19NO3.H3N/c1-16(2)15(20)14(18-7-3-4-13(18)19)11-8-10(9-17)5-6-12(11)21-16;1-15(2)14(18)13(16-9-5-8-12(16)17)10-6-3-4-7-11(10)19-15;/h5-6,8,14-15,20H,3-4,7H2,1-2H3;3-4,6-7,13-14,18H,5,8-9H2,1-2H3;1H3/t14-,15+;13-,14+;/m11./s1. The highest BCUT2D eigenvalue weighted by Crippen LogP contribution is 2.45. The Morgan fingerprint density at radius 2 is 1.29 bits per heavy atom. The van der Waals surface area contributed by atoms with Gasteiger partial charge in [-0.3, -0.25) is 9.59 Å². The highest BCUT2D eigenvalue weighted by Gasteiger charge is 2.48. The van der Waals surface area contributed by atoms with E-state index in [1.807, 2.05) is 52.0 Å². The molecule has 4 atom stereocenters. The van der Waals surface area contributed by atoms with Crippen molar-refractivity contribution in [3.63, 3.8) is 0 Å². The predicted molar refractivity (Wildman–Crippen MR) is 151 cm³/mol. The lowest BCUT2D eigenvalue weighted by atomic mass is 9.85. The molecule has 2 aromatic rings. The molecular weight excluding hydrogens is 524 g/mol. The number of ether oxygens (including phenoxy) is 2. The highest BCUT2D eigenvalue weighted by atomic mass is 16.5. The van der Waals surface area contributed by atoms with Crippen molar-refractivity contribution in [3.8, 4) is 17.6 Å². The number of benzene rings is 2. The molecule has 0 bridgehead atoms. The number of aliphatic hydroxyl groups is 2. The van der Waals surface area contributed by atoms with Gasteiger partial charge in [0.2, 0.25) is 11.8 Å². The quantitative estimate of drug-likeness (QED) is 0.497. The summed E-state index contributed by atoms with van der Waals surface area (Å²) in [5.74, 6) is 1.57. The summed E-state index contributed by atoms with van der Waals surface area (Å²) in [6, 6.07) is 14.2. The van der Waals surface area contributed by atoms with E-state index in [1.54, 1.807) is 28.0 Å². The van der Waals surface area contributed by atoms with E-state index < -0.39 is 29.5 Å². The maximum absolute atomic E-state index is 12.1. The first-order chi connectivity index (χ1) is 18.9. The minimum absolute atomic E-state index is 0. The van der Waals surface area contributed by atoms with Crippen molar-refractivity contribution in [1.29, 1.82) is 5.26 Å². The van der Waals surface area contributed by atoms with Crippen LogP contribution in [0.2, 0.25) is 0 Å². The number of para-hydroxylation sites is 1. The maximum atomic E-state index is 12.1. The van der Waals surface area contributed by atoms with Gasteiger partial charge in [-0.25, -0.2) is 0 Å². The number of amides is 2. The van der Waals surface area contributed by atoms with Crippen molar-refractivity contribution in [2.75, 3.05) is 13.1 Å². The summed E-state index contributed by atoms with van der Waals surface area (Å²) in [5, 5.41) is 30.4. The lowest BCUT2D eigenvalue weighted by Gasteiger charge is -2.45.